The van der Waals surface area contributed by atoms with Crippen LogP contribution in [0.2, 0.25) is 5.02 Å². The Hall–Kier alpha value is -1.10. The fourth-order valence-electron chi connectivity index (χ4n) is 1.52. The zero-order valence-electron chi connectivity index (χ0n) is 10.2. The molecule has 1 atom stereocenters. The molecule has 0 saturated heterocycles. The lowest BCUT2D eigenvalue weighted by atomic mass is 10.1. The molecule has 1 aromatic carbocycles. The molecule has 0 aliphatic rings. The second-order valence-corrected chi connectivity index (χ2v) is 5.48. The van der Waals surface area contributed by atoms with E-state index in [0.29, 0.717) is 17.4 Å². The number of benzene rings is 1. The molecule has 2 rings (SSSR count). The molecule has 0 radical (unpaired) electrons. The van der Waals surface area contributed by atoms with E-state index in [1.54, 1.807) is 36.5 Å². The molecular formula is C13H14ClNO2S. The topological polar surface area (TPSA) is 42.4 Å². The molecule has 1 unspecified atom stereocenters. The van der Waals surface area contributed by atoms with Gasteiger partial charge in [0.25, 0.3) is 0 Å². The zero-order chi connectivity index (χ0) is 13.1. The third-order valence-electron chi connectivity index (χ3n) is 2.48. The van der Waals surface area contributed by atoms with Gasteiger partial charge in [-0.3, -0.25) is 0 Å². The molecule has 3 nitrogen and oxygen atoms in total. The van der Waals surface area contributed by atoms with Crippen molar-refractivity contribution >= 4 is 22.9 Å². The second-order valence-electron chi connectivity index (χ2n) is 4.01. The first-order valence-corrected chi connectivity index (χ1v) is 6.83. The maximum Gasteiger partial charge on any atom is 0.138 e. The highest BCUT2D eigenvalue weighted by molar-refractivity contribution is 7.09. The molecule has 0 aliphatic carbocycles. The van der Waals surface area contributed by atoms with Crippen LogP contribution in [0.25, 0.3) is 0 Å². The lowest BCUT2D eigenvalue weighted by Crippen LogP contribution is -1.98. The van der Waals surface area contributed by atoms with Gasteiger partial charge in [0.05, 0.1) is 21.8 Å². The highest BCUT2D eigenvalue weighted by Crippen LogP contribution is 2.28. The average Bonchev–Trinajstić information content (AvgIpc) is 2.73. The van der Waals surface area contributed by atoms with Gasteiger partial charge in [0, 0.05) is 5.38 Å². The summed E-state index contributed by atoms with van der Waals surface area (Å²) >= 11 is 7.68. The summed E-state index contributed by atoms with van der Waals surface area (Å²) < 4.78 is 5.60. The normalized spacial score (nSPS) is 12.4. The minimum absolute atomic E-state index is 0.401. The quantitative estimate of drug-likeness (QED) is 0.929. The van der Waals surface area contributed by atoms with Gasteiger partial charge in [-0.25, -0.2) is 4.98 Å². The van der Waals surface area contributed by atoms with Crippen molar-refractivity contribution in [3.8, 4) is 5.75 Å². The molecule has 18 heavy (non-hydrogen) atoms. The fraction of sp³-hybridized carbons (Fsp3) is 0.308. The van der Waals surface area contributed by atoms with Crippen LogP contribution < -0.4 is 4.74 Å². The summed E-state index contributed by atoms with van der Waals surface area (Å²) in [5, 5.41) is 12.9. The first-order valence-electron chi connectivity index (χ1n) is 5.57. The Morgan fingerprint density at radius 3 is 2.83 bits per heavy atom. The van der Waals surface area contributed by atoms with Crippen molar-refractivity contribution in [2.24, 2.45) is 0 Å². The van der Waals surface area contributed by atoms with Crippen LogP contribution >= 0.6 is 22.9 Å². The lowest BCUT2D eigenvalue weighted by molar-refractivity contribution is 0.199. The van der Waals surface area contributed by atoms with E-state index in [0.717, 1.165) is 16.3 Å². The van der Waals surface area contributed by atoms with Crippen LogP contribution in [0.5, 0.6) is 5.75 Å². The smallest absolute Gasteiger partial charge is 0.138 e. The van der Waals surface area contributed by atoms with E-state index in [4.69, 9.17) is 16.3 Å². The van der Waals surface area contributed by atoms with E-state index >= 15 is 0 Å². The van der Waals surface area contributed by atoms with E-state index in [-0.39, 0.29) is 0 Å². The number of aryl methyl sites for hydroxylation is 1. The molecule has 96 valence electrons. The molecule has 1 aromatic heterocycles. The molecule has 0 fully saturated rings. The summed E-state index contributed by atoms with van der Waals surface area (Å²) in [4.78, 5) is 4.31. The maximum atomic E-state index is 9.44. The van der Waals surface area contributed by atoms with Crippen LogP contribution in [0.4, 0.5) is 0 Å². The number of rotatable bonds is 4. The third-order valence-corrected chi connectivity index (χ3v) is 3.60. The van der Waals surface area contributed by atoms with Gasteiger partial charge in [0.2, 0.25) is 0 Å². The Bertz CT molecular complexity index is 540. The molecule has 0 bridgehead atoms. The van der Waals surface area contributed by atoms with Crippen molar-refractivity contribution in [1.82, 2.24) is 4.98 Å². The number of halogens is 1. The van der Waals surface area contributed by atoms with Crippen LogP contribution in [0, 0.1) is 6.92 Å². The molecule has 0 amide bonds. The van der Waals surface area contributed by atoms with E-state index in [1.165, 1.54) is 0 Å². The van der Waals surface area contributed by atoms with Gasteiger partial charge >= 0.3 is 0 Å². The molecular weight excluding hydrogens is 270 g/mol. The lowest BCUT2D eigenvalue weighted by Gasteiger charge is -2.10. The van der Waals surface area contributed by atoms with Gasteiger partial charge in [0.15, 0.2) is 0 Å². The number of thiazole rings is 1. The standard InChI is InChI=1S/C13H14ClNO2S/c1-8(16)10-3-4-13(12(14)5-10)17-6-11-7-18-9(2)15-11/h3-5,7-8,16H,6H2,1-2H3. The van der Waals surface area contributed by atoms with Gasteiger partial charge in [-0.1, -0.05) is 17.7 Å². The van der Waals surface area contributed by atoms with Crippen molar-refractivity contribution in [3.05, 3.63) is 44.9 Å². The SMILES string of the molecule is Cc1nc(COc2ccc(C(C)O)cc2Cl)cs1. The Morgan fingerprint density at radius 1 is 1.50 bits per heavy atom. The first-order chi connectivity index (χ1) is 8.56. The van der Waals surface area contributed by atoms with Crippen LogP contribution in [0.3, 0.4) is 0 Å². The number of ether oxygens (including phenoxy) is 1. The van der Waals surface area contributed by atoms with Gasteiger partial charge < -0.3 is 9.84 Å². The summed E-state index contributed by atoms with van der Waals surface area (Å²) in [5.74, 6) is 0.603. The van der Waals surface area contributed by atoms with Gasteiger partial charge in [-0.2, -0.15) is 0 Å². The first kappa shape index (κ1) is 13.3. The summed E-state index contributed by atoms with van der Waals surface area (Å²) in [6.07, 6.45) is -0.530. The highest BCUT2D eigenvalue weighted by Gasteiger charge is 2.07. The number of hydrogen-bond donors (Lipinski definition) is 1. The molecule has 0 aliphatic heterocycles. The molecule has 1 N–H and O–H groups in total. The molecule has 1 heterocycles. The number of nitrogens with zero attached hydrogens (tertiary/aromatic N) is 1. The Morgan fingerprint density at radius 2 is 2.28 bits per heavy atom. The van der Waals surface area contributed by atoms with Gasteiger partial charge in [-0.05, 0) is 31.5 Å². The predicted molar refractivity (Wildman–Crippen MR) is 73.3 cm³/mol. The van der Waals surface area contributed by atoms with Crippen molar-refractivity contribution in [1.29, 1.82) is 0 Å². The second kappa shape index (κ2) is 5.69. The summed E-state index contributed by atoms with van der Waals surface area (Å²) in [5.41, 5.74) is 1.67. The van der Waals surface area contributed by atoms with Crippen LogP contribution in [0.1, 0.15) is 29.3 Å². The van der Waals surface area contributed by atoms with Crippen molar-refractivity contribution < 1.29 is 9.84 Å². The van der Waals surface area contributed by atoms with E-state index in [1.807, 2.05) is 12.3 Å². The number of aliphatic hydroxyl groups excluding tert-OH is 1. The van der Waals surface area contributed by atoms with Crippen LogP contribution in [-0.4, -0.2) is 10.1 Å². The summed E-state index contributed by atoms with van der Waals surface area (Å²) in [7, 11) is 0. The number of aliphatic hydroxyl groups is 1. The third kappa shape index (κ3) is 3.22. The Kier molecular flexibility index (Phi) is 4.22. The van der Waals surface area contributed by atoms with Gasteiger partial charge in [0.1, 0.15) is 12.4 Å². The van der Waals surface area contributed by atoms with Crippen molar-refractivity contribution in [3.63, 3.8) is 0 Å². The fourth-order valence-corrected chi connectivity index (χ4v) is 2.36. The summed E-state index contributed by atoms with van der Waals surface area (Å²) in [6, 6.07) is 5.29. The molecule has 0 spiro atoms. The predicted octanol–water partition coefficient (Wildman–Crippen LogP) is 3.74. The minimum atomic E-state index is -0.530. The van der Waals surface area contributed by atoms with E-state index in [2.05, 4.69) is 4.98 Å². The van der Waals surface area contributed by atoms with E-state index in [9.17, 15) is 5.11 Å². The van der Waals surface area contributed by atoms with E-state index < -0.39 is 6.10 Å². The molecule has 5 heteroatoms. The van der Waals surface area contributed by atoms with Crippen LogP contribution in [-0.2, 0) is 6.61 Å². The largest absolute Gasteiger partial charge is 0.486 e. The maximum absolute atomic E-state index is 9.44. The monoisotopic (exact) mass is 283 g/mol. The van der Waals surface area contributed by atoms with Gasteiger partial charge in [-0.15, -0.1) is 11.3 Å². The molecule has 0 saturated carbocycles. The number of hydrogen-bond acceptors (Lipinski definition) is 4. The summed E-state index contributed by atoms with van der Waals surface area (Å²) in [6.45, 7) is 4.06. The minimum Gasteiger partial charge on any atom is -0.486 e. The Labute approximate surface area is 115 Å². The Balaban J connectivity index is 2.05. The number of aromatic nitrogens is 1. The zero-order valence-corrected chi connectivity index (χ0v) is 11.8. The van der Waals surface area contributed by atoms with Crippen molar-refractivity contribution in [2.75, 3.05) is 0 Å². The molecule has 2 aromatic rings. The average molecular weight is 284 g/mol. The highest BCUT2D eigenvalue weighted by atomic mass is 35.5. The van der Waals surface area contributed by atoms with Crippen molar-refractivity contribution in [2.45, 2.75) is 26.6 Å². The van der Waals surface area contributed by atoms with Crippen LogP contribution in [0.15, 0.2) is 23.6 Å².